The number of halogens is 1. The molecule has 2 nitrogen and oxygen atoms in total. The highest BCUT2D eigenvalue weighted by molar-refractivity contribution is 14.1. The first-order chi connectivity index (χ1) is 6.31. The van der Waals surface area contributed by atoms with Crippen molar-refractivity contribution in [1.29, 1.82) is 0 Å². The highest BCUT2D eigenvalue weighted by atomic mass is 127. The standard InChI is InChI=1S/C10H17IO2/c1-13-10(12)8-6-4-2-3-5-7-9-11/h2,4H,3,5-9H2,1H3/b4-2+. The fourth-order valence-corrected chi connectivity index (χ4v) is 1.44. The Labute approximate surface area is 93.9 Å². The molecule has 0 heterocycles. The number of carbonyl (C=O) groups excluding carboxylic acids is 1. The minimum absolute atomic E-state index is 0.128. The molecule has 0 aromatic carbocycles. The van der Waals surface area contributed by atoms with E-state index in [1.807, 2.05) is 0 Å². The second kappa shape index (κ2) is 10.0. The molecular weight excluding hydrogens is 279 g/mol. The molecule has 0 saturated carbocycles. The van der Waals surface area contributed by atoms with Crippen molar-refractivity contribution in [2.45, 2.75) is 32.1 Å². The molecule has 0 bridgehead atoms. The molecule has 0 aromatic rings. The molecule has 0 rings (SSSR count). The van der Waals surface area contributed by atoms with Crippen molar-refractivity contribution in [3.63, 3.8) is 0 Å². The van der Waals surface area contributed by atoms with Gasteiger partial charge in [0.05, 0.1) is 7.11 Å². The van der Waals surface area contributed by atoms with Gasteiger partial charge in [0.2, 0.25) is 0 Å². The number of carbonyl (C=O) groups is 1. The van der Waals surface area contributed by atoms with Crippen LogP contribution in [0.25, 0.3) is 0 Å². The summed E-state index contributed by atoms with van der Waals surface area (Å²) in [7, 11) is 1.42. The zero-order valence-corrected chi connectivity index (χ0v) is 10.2. The largest absolute Gasteiger partial charge is 0.469 e. The molecule has 0 saturated heterocycles. The van der Waals surface area contributed by atoms with Crippen LogP contribution in [0, 0.1) is 0 Å². The van der Waals surface area contributed by atoms with Crippen molar-refractivity contribution in [3.8, 4) is 0 Å². The van der Waals surface area contributed by atoms with Crippen LogP contribution >= 0.6 is 22.6 Å². The number of ether oxygens (including phenoxy) is 1. The highest BCUT2D eigenvalue weighted by Gasteiger charge is 1.95. The Bertz CT molecular complexity index is 155. The summed E-state index contributed by atoms with van der Waals surface area (Å²) < 4.78 is 5.75. The number of allylic oxidation sites excluding steroid dienone is 2. The van der Waals surface area contributed by atoms with Crippen LogP contribution in [-0.4, -0.2) is 17.5 Å². The van der Waals surface area contributed by atoms with E-state index in [9.17, 15) is 4.79 Å². The lowest BCUT2D eigenvalue weighted by Gasteiger charge is -1.94. The molecule has 0 fully saturated rings. The van der Waals surface area contributed by atoms with Crippen LogP contribution in [-0.2, 0) is 9.53 Å². The lowest BCUT2D eigenvalue weighted by molar-refractivity contribution is -0.140. The second-order valence-electron chi connectivity index (χ2n) is 2.77. The van der Waals surface area contributed by atoms with Crippen LogP contribution in [0.1, 0.15) is 32.1 Å². The van der Waals surface area contributed by atoms with Gasteiger partial charge in [-0.25, -0.2) is 0 Å². The molecule has 0 N–H and O–H groups in total. The number of hydrogen-bond donors (Lipinski definition) is 0. The molecular formula is C10H17IO2. The fourth-order valence-electron chi connectivity index (χ4n) is 0.896. The number of unbranched alkanes of at least 4 members (excludes halogenated alkanes) is 2. The Morgan fingerprint density at radius 1 is 1.31 bits per heavy atom. The molecule has 0 aliphatic heterocycles. The summed E-state index contributed by atoms with van der Waals surface area (Å²) in [5.41, 5.74) is 0. The first-order valence-electron chi connectivity index (χ1n) is 4.59. The van der Waals surface area contributed by atoms with Crippen molar-refractivity contribution < 1.29 is 9.53 Å². The van der Waals surface area contributed by atoms with Gasteiger partial charge in [0.25, 0.3) is 0 Å². The third kappa shape index (κ3) is 9.86. The van der Waals surface area contributed by atoms with E-state index in [0.717, 1.165) is 12.8 Å². The second-order valence-corrected chi connectivity index (χ2v) is 3.85. The third-order valence-electron chi connectivity index (χ3n) is 1.66. The molecule has 0 atom stereocenters. The van der Waals surface area contributed by atoms with Crippen molar-refractivity contribution >= 4 is 28.6 Å². The normalized spacial score (nSPS) is 10.6. The maximum absolute atomic E-state index is 10.7. The van der Waals surface area contributed by atoms with Gasteiger partial charge in [-0.3, -0.25) is 4.79 Å². The fraction of sp³-hybridized carbons (Fsp3) is 0.700. The van der Waals surface area contributed by atoms with Gasteiger partial charge < -0.3 is 4.74 Å². The van der Waals surface area contributed by atoms with E-state index in [-0.39, 0.29) is 5.97 Å². The van der Waals surface area contributed by atoms with Gasteiger partial charge in [0, 0.05) is 6.42 Å². The van der Waals surface area contributed by atoms with Gasteiger partial charge in [-0.15, -0.1) is 0 Å². The van der Waals surface area contributed by atoms with Crippen LogP contribution in [0.4, 0.5) is 0 Å². The lowest BCUT2D eigenvalue weighted by atomic mass is 10.2. The summed E-state index contributed by atoms with van der Waals surface area (Å²) >= 11 is 2.38. The molecule has 0 spiro atoms. The predicted molar refractivity (Wildman–Crippen MR) is 63.1 cm³/mol. The van der Waals surface area contributed by atoms with Gasteiger partial charge in [0.1, 0.15) is 0 Å². The molecule has 0 aliphatic carbocycles. The highest BCUT2D eigenvalue weighted by Crippen LogP contribution is 2.01. The summed E-state index contributed by atoms with van der Waals surface area (Å²) in [6.45, 7) is 0. The van der Waals surface area contributed by atoms with E-state index in [4.69, 9.17) is 0 Å². The number of hydrogen-bond acceptors (Lipinski definition) is 2. The van der Waals surface area contributed by atoms with Crippen LogP contribution in [0.5, 0.6) is 0 Å². The number of alkyl halides is 1. The number of esters is 1. The minimum Gasteiger partial charge on any atom is -0.469 e. The first-order valence-corrected chi connectivity index (χ1v) is 6.11. The van der Waals surface area contributed by atoms with Crippen molar-refractivity contribution in [1.82, 2.24) is 0 Å². The molecule has 76 valence electrons. The Hall–Kier alpha value is -0.0600. The van der Waals surface area contributed by atoms with Crippen LogP contribution < -0.4 is 0 Å². The number of methoxy groups -OCH3 is 1. The van der Waals surface area contributed by atoms with E-state index in [1.54, 1.807) is 0 Å². The average molecular weight is 296 g/mol. The quantitative estimate of drug-likeness (QED) is 0.237. The Morgan fingerprint density at radius 3 is 2.62 bits per heavy atom. The average Bonchev–Trinajstić information content (AvgIpc) is 2.16. The van der Waals surface area contributed by atoms with Crippen molar-refractivity contribution in [3.05, 3.63) is 12.2 Å². The maximum Gasteiger partial charge on any atom is 0.305 e. The van der Waals surface area contributed by atoms with Crippen LogP contribution in [0.2, 0.25) is 0 Å². The summed E-state index contributed by atoms with van der Waals surface area (Å²) in [5.74, 6) is -0.128. The van der Waals surface area contributed by atoms with Crippen LogP contribution in [0.15, 0.2) is 12.2 Å². The van der Waals surface area contributed by atoms with Crippen LogP contribution in [0.3, 0.4) is 0 Å². The first kappa shape index (κ1) is 12.9. The molecule has 0 radical (unpaired) electrons. The van der Waals surface area contributed by atoms with E-state index in [0.29, 0.717) is 6.42 Å². The Morgan fingerprint density at radius 2 is 2.00 bits per heavy atom. The minimum atomic E-state index is -0.128. The van der Waals surface area contributed by atoms with Gasteiger partial charge in [-0.1, -0.05) is 34.7 Å². The lowest BCUT2D eigenvalue weighted by Crippen LogP contribution is -1.97. The van der Waals surface area contributed by atoms with Crippen molar-refractivity contribution in [2.24, 2.45) is 0 Å². The smallest absolute Gasteiger partial charge is 0.305 e. The van der Waals surface area contributed by atoms with E-state index in [1.165, 1.54) is 24.4 Å². The summed E-state index contributed by atoms with van der Waals surface area (Å²) in [6, 6.07) is 0. The molecule has 0 aliphatic rings. The number of rotatable bonds is 7. The van der Waals surface area contributed by atoms with Gasteiger partial charge >= 0.3 is 5.97 Å². The zero-order chi connectivity index (χ0) is 9.94. The third-order valence-corrected chi connectivity index (χ3v) is 2.43. The monoisotopic (exact) mass is 296 g/mol. The SMILES string of the molecule is COC(=O)CC/C=C/CCCCI. The molecule has 0 unspecified atom stereocenters. The van der Waals surface area contributed by atoms with E-state index < -0.39 is 0 Å². The Balaban J connectivity index is 3.17. The van der Waals surface area contributed by atoms with E-state index in [2.05, 4.69) is 39.5 Å². The summed E-state index contributed by atoms with van der Waals surface area (Å²) in [5, 5.41) is 0. The summed E-state index contributed by atoms with van der Waals surface area (Å²) in [6.07, 6.45) is 9.17. The molecule has 0 amide bonds. The van der Waals surface area contributed by atoms with Gasteiger partial charge in [-0.2, -0.15) is 0 Å². The predicted octanol–water partition coefficient (Wildman–Crippen LogP) is 3.10. The zero-order valence-electron chi connectivity index (χ0n) is 8.09. The van der Waals surface area contributed by atoms with Gasteiger partial charge in [0.15, 0.2) is 0 Å². The topological polar surface area (TPSA) is 26.3 Å². The molecule has 3 heteroatoms. The van der Waals surface area contributed by atoms with E-state index >= 15 is 0 Å². The molecule has 13 heavy (non-hydrogen) atoms. The van der Waals surface area contributed by atoms with Crippen molar-refractivity contribution in [2.75, 3.05) is 11.5 Å². The van der Waals surface area contributed by atoms with Gasteiger partial charge in [-0.05, 0) is 30.1 Å². The summed E-state index contributed by atoms with van der Waals surface area (Å²) in [4.78, 5) is 10.7. The maximum atomic E-state index is 10.7. The Kier molecular flexibility index (Phi) is 9.98. The molecule has 0 aromatic heterocycles.